The summed E-state index contributed by atoms with van der Waals surface area (Å²) in [5.41, 5.74) is 5.76. The van der Waals surface area contributed by atoms with Crippen molar-refractivity contribution in [3.63, 3.8) is 0 Å². The average molecular weight is 225 g/mol. The van der Waals surface area contributed by atoms with Crippen molar-refractivity contribution in [2.24, 2.45) is 11.7 Å². The van der Waals surface area contributed by atoms with E-state index in [4.69, 9.17) is 5.73 Å². The third-order valence-corrected chi connectivity index (χ3v) is 4.33. The molecule has 2 atom stereocenters. The number of hydrogen-bond donors (Lipinski definition) is 1. The molecule has 2 aliphatic rings. The molecule has 0 amide bonds. The van der Waals surface area contributed by atoms with Crippen LogP contribution in [-0.2, 0) is 0 Å². The fourth-order valence-corrected chi connectivity index (χ4v) is 3.14. The normalized spacial score (nSPS) is 33.8. The molecule has 2 heterocycles. The van der Waals surface area contributed by atoms with Gasteiger partial charge in [-0.2, -0.15) is 0 Å². The van der Waals surface area contributed by atoms with Gasteiger partial charge < -0.3 is 5.73 Å². The van der Waals surface area contributed by atoms with Crippen molar-refractivity contribution in [3.05, 3.63) is 0 Å². The van der Waals surface area contributed by atoms with Gasteiger partial charge in [0.15, 0.2) is 0 Å². The molecule has 16 heavy (non-hydrogen) atoms. The first-order chi connectivity index (χ1) is 7.70. The summed E-state index contributed by atoms with van der Waals surface area (Å²) in [7, 11) is 0. The second-order valence-electron chi connectivity index (χ2n) is 5.77. The highest BCUT2D eigenvalue weighted by Crippen LogP contribution is 2.23. The lowest BCUT2D eigenvalue weighted by molar-refractivity contribution is 0.0922. The minimum absolute atomic E-state index is 0.704. The molecule has 0 saturated carbocycles. The van der Waals surface area contributed by atoms with Crippen molar-refractivity contribution in [1.29, 1.82) is 0 Å². The summed E-state index contributed by atoms with van der Waals surface area (Å²) in [5, 5.41) is 0. The molecule has 0 bridgehead atoms. The molecule has 0 spiro atoms. The quantitative estimate of drug-likeness (QED) is 0.782. The minimum Gasteiger partial charge on any atom is -0.330 e. The molecule has 0 aromatic carbocycles. The zero-order chi connectivity index (χ0) is 11.5. The van der Waals surface area contributed by atoms with E-state index in [1.54, 1.807) is 0 Å². The summed E-state index contributed by atoms with van der Waals surface area (Å²) in [6, 6.07) is 1.50. The Labute approximate surface area is 100.0 Å². The lowest BCUT2D eigenvalue weighted by Crippen LogP contribution is -2.49. The van der Waals surface area contributed by atoms with E-state index in [9.17, 15) is 0 Å². The highest BCUT2D eigenvalue weighted by Gasteiger charge is 2.31. The largest absolute Gasteiger partial charge is 0.330 e. The molecule has 2 rings (SSSR count). The van der Waals surface area contributed by atoms with Gasteiger partial charge in [0.25, 0.3) is 0 Å². The number of rotatable bonds is 3. The van der Waals surface area contributed by atoms with Gasteiger partial charge in [-0.25, -0.2) is 0 Å². The van der Waals surface area contributed by atoms with Crippen molar-refractivity contribution >= 4 is 0 Å². The van der Waals surface area contributed by atoms with Crippen molar-refractivity contribution < 1.29 is 0 Å². The first kappa shape index (κ1) is 12.3. The van der Waals surface area contributed by atoms with E-state index < -0.39 is 0 Å². The molecule has 2 saturated heterocycles. The summed E-state index contributed by atoms with van der Waals surface area (Å²) in [5.74, 6) is 0.759. The SMILES string of the molecule is CC(C)N1CCCC(N2CCC(CN)C2)C1. The Balaban J connectivity index is 1.85. The van der Waals surface area contributed by atoms with Crippen LogP contribution in [0.1, 0.15) is 33.1 Å². The van der Waals surface area contributed by atoms with Crippen LogP contribution in [0.4, 0.5) is 0 Å². The Bertz CT molecular complexity index is 217. The molecular formula is C13H27N3. The fourth-order valence-electron chi connectivity index (χ4n) is 3.14. The predicted molar refractivity (Wildman–Crippen MR) is 68.5 cm³/mol. The Kier molecular flexibility index (Phi) is 4.22. The molecule has 0 aliphatic carbocycles. The van der Waals surface area contributed by atoms with Crippen molar-refractivity contribution in [2.45, 2.75) is 45.2 Å². The maximum atomic E-state index is 5.76. The molecule has 3 nitrogen and oxygen atoms in total. The van der Waals surface area contributed by atoms with Gasteiger partial charge in [-0.05, 0) is 58.7 Å². The van der Waals surface area contributed by atoms with Crippen LogP contribution < -0.4 is 5.73 Å². The second kappa shape index (κ2) is 5.48. The van der Waals surface area contributed by atoms with E-state index >= 15 is 0 Å². The van der Waals surface area contributed by atoms with Crippen LogP contribution in [0.15, 0.2) is 0 Å². The van der Waals surface area contributed by atoms with Crippen LogP contribution in [-0.4, -0.2) is 54.6 Å². The summed E-state index contributed by atoms with van der Waals surface area (Å²) in [4.78, 5) is 5.32. The number of likely N-dealkylation sites (tertiary alicyclic amines) is 2. The van der Waals surface area contributed by atoms with Crippen LogP contribution in [0.2, 0.25) is 0 Å². The Morgan fingerprint density at radius 1 is 1.19 bits per heavy atom. The summed E-state index contributed by atoms with van der Waals surface area (Å²) in [6.45, 7) is 10.6. The van der Waals surface area contributed by atoms with Gasteiger partial charge in [-0.15, -0.1) is 0 Å². The number of nitrogens with zero attached hydrogens (tertiary/aromatic N) is 2. The summed E-state index contributed by atoms with van der Waals surface area (Å²) in [6.07, 6.45) is 4.07. The third kappa shape index (κ3) is 2.76. The first-order valence-electron chi connectivity index (χ1n) is 6.89. The van der Waals surface area contributed by atoms with Gasteiger partial charge in [-0.3, -0.25) is 9.80 Å². The number of nitrogens with two attached hydrogens (primary N) is 1. The second-order valence-corrected chi connectivity index (χ2v) is 5.77. The lowest BCUT2D eigenvalue weighted by atomic mass is 10.0. The van der Waals surface area contributed by atoms with E-state index in [2.05, 4.69) is 23.6 Å². The molecule has 2 fully saturated rings. The first-order valence-corrected chi connectivity index (χ1v) is 6.89. The van der Waals surface area contributed by atoms with Gasteiger partial charge in [0.05, 0.1) is 0 Å². The van der Waals surface area contributed by atoms with Gasteiger partial charge in [0, 0.05) is 25.2 Å². The van der Waals surface area contributed by atoms with E-state index in [0.717, 1.165) is 18.5 Å². The maximum absolute atomic E-state index is 5.76. The molecule has 0 aromatic rings. The van der Waals surface area contributed by atoms with Crippen molar-refractivity contribution in [3.8, 4) is 0 Å². The highest BCUT2D eigenvalue weighted by molar-refractivity contribution is 4.87. The molecule has 0 radical (unpaired) electrons. The number of hydrogen-bond acceptors (Lipinski definition) is 3. The van der Waals surface area contributed by atoms with Crippen LogP contribution in [0, 0.1) is 5.92 Å². The van der Waals surface area contributed by atoms with Crippen LogP contribution in [0.25, 0.3) is 0 Å². The molecular weight excluding hydrogens is 198 g/mol. The predicted octanol–water partition coefficient (Wildman–Crippen LogP) is 1.14. The third-order valence-electron chi connectivity index (χ3n) is 4.33. The van der Waals surface area contributed by atoms with E-state index in [-0.39, 0.29) is 0 Å². The van der Waals surface area contributed by atoms with E-state index in [0.29, 0.717) is 6.04 Å². The Morgan fingerprint density at radius 3 is 2.62 bits per heavy atom. The standard InChI is InChI=1S/C13H27N3/c1-11(2)15-6-3-4-13(10-15)16-7-5-12(8-14)9-16/h11-13H,3-10,14H2,1-2H3. The van der Waals surface area contributed by atoms with Gasteiger partial charge >= 0.3 is 0 Å². The molecule has 2 aliphatic heterocycles. The zero-order valence-electron chi connectivity index (χ0n) is 10.9. The molecule has 3 heteroatoms. The smallest absolute Gasteiger partial charge is 0.0223 e. The van der Waals surface area contributed by atoms with Gasteiger partial charge in [0.2, 0.25) is 0 Å². The van der Waals surface area contributed by atoms with E-state index in [1.165, 1.54) is 45.4 Å². The minimum atomic E-state index is 0.704. The van der Waals surface area contributed by atoms with Crippen molar-refractivity contribution in [2.75, 3.05) is 32.7 Å². The molecule has 94 valence electrons. The molecule has 0 aromatic heterocycles. The maximum Gasteiger partial charge on any atom is 0.0223 e. The van der Waals surface area contributed by atoms with Crippen LogP contribution in [0.3, 0.4) is 0 Å². The van der Waals surface area contributed by atoms with Crippen LogP contribution in [0.5, 0.6) is 0 Å². The van der Waals surface area contributed by atoms with Gasteiger partial charge in [0.1, 0.15) is 0 Å². The Morgan fingerprint density at radius 2 is 2.00 bits per heavy atom. The molecule has 2 unspecified atom stereocenters. The van der Waals surface area contributed by atoms with Crippen molar-refractivity contribution in [1.82, 2.24) is 9.80 Å². The number of piperidine rings is 1. The molecule has 2 N–H and O–H groups in total. The fraction of sp³-hybridized carbons (Fsp3) is 1.00. The summed E-state index contributed by atoms with van der Waals surface area (Å²) < 4.78 is 0. The van der Waals surface area contributed by atoms with E-state index in [1.807, 2.05) is 0 Å². The van der Waals surface area contributed by atoms with Crippen LogP contribution >= 0.6 is 0 Å². The Hall–Kier alpha value is -0.120. The summed E-state index contributed by atoms with van der Waals surface area (Å²) >= 11 is 0. The monoisotopic (exact) mass is 225 g/mol. The zero-order valence-corrected chi connectivity index (χ0v) is 10.9. The average Bonchev–Trinajstić information content (AvgIpc) is 2.77. The topological polar surface area (TPSA) is 32.5 Å². The lowest BCUT2D eigenvalue weighted by Gasteiger charge is -2.39. The highest BCUT2D eigenvalue weighted by atomic mass is 15.3. The van der Waals surface area contributed by atoms with Gasteiger partial charge in [-0.1, -0.05) is 0 Å².